The van der Waals surface area contributed by atoms with E-state index in [0.29, 0.717) is 5.92 Å². The zero-order valence-electron chi connectivity index (χ0n) is 18.3. The van der Waals surface area contributed by atoms with E-state index in [1.807, 2.05) is 0 Å². The van der Waals surface area contributed by atoms with E-state index >= 15 is 0 Å². The standard InChI is InChI=1S/C23H28F4N2O3/c1-3-11-30-14-15-5-7-16(8-6-15)17-12-28-22(29-13-17)32-23(26,27)18-9-10-19(31-4-2)21(25)20(18)24/h9-10,12-13,15-16H,3-8,11,14H2,1-2H3. The minimum Gasteiger partial charge on any atom is -0.491 e. The van der Waals surface area contributed by atoms with Gasteiger partial charge < -0.3 is 14.2 Å². The van der Waals surface area contributed by atoms with Gasteiger partial charge in [-0.25, -0.2) is 14.4 Å². The number of hydrogen-bond acceptors (Lipinski definition) is 5. The molecule has 32 heavy (non-hydrogen) atoms. The number of benzene rings is 1. The van der Waals surface area contributed by atoms with Crippen molar-refractivity contribution >= 4 is 0 Å². The third-order valence-corrected chi connectivity index (χ3v) is 5.55. The van der Waals surface area contributed by atoms with Crippen LogP contribution in [0.4, 0.5) is 17.6 Å². The molecule has 0 amide bonds. The number of nitrogens with zero attached hydrogens (tertiary/aromatic N) is 2. The van der Waals surface area contributed by atoms with E-state index < -0.39 is 35.1 Å². The van der Waals surface area contributed by atoms with Crippen LogP contribution in [0.3, 0.4) is 0 Å². The Bertz CT molecular complexity index is 872. The summed E-state index contributed by atoms with van der Waals surface area (Å²) in [7, 11) is 0. The second-order valence-electron chi connectivity index (χ2n) is 7.88. The number of aromatic nitrogens is 2. The molecule has 3 rings (SSSR count). The van der Waals surface area contributed by atoms with Gasteiger partial charge in [0.2, 0.25) is 5.82 Å². The Kier molecular flexibility index (Phi) is 8.28. The lowest BCUT2D eigenvalue weighted by atomic mass is 9.80. The molecule has 0 radical (unpaired) electrons. The number of halogens is 4. The minimum absolute atomic E-state index is 0.0665. The average molecular weight is 456 g/mol. The Hall–Kier alpha value is -2.42. The molecule has 2 aromatic rings. The van der Waals surface area contributed by atoms with Crippen LogP contribution in [0.1, 0.15) is 63.0 Å². The predicted octanol–water partition coefficient (Wildman–Crippen LogP) is 5.98. The summed E-state index contributed by atoms with van der Waals surface area (Å²) in [5, 5.41) is 0. The highest BCUT2D eigenvalue weighted by molar-refractivity contribution is 5.33. The summed E-state index contributed by atoms with van der Waals surface area (Å²) in [6, 6.07) is 1.04. The molecule has 1 saturated carbocycles. The molecule has 9 heteroatoms. The lowest BCUT2D eigenvalue weighted by Gasteiger charge is -2.28. The molecule has 0 spiro atoms. The van der Waals surface area contributed by atoms with Gasteiger partial charge in [-0.3, -0.25) is 0 Å². The Balaban J connectivity index is 1.61. The molecule has 0 atom stereocenters. The van der Waals surface area contributed by atoms with Gasteiger partial charge in [0.15, 0.2) is 11.6 Å². The van der Waals surface area contributed by atoms with E-state index in [1.165, 1.54) is 12.4 Å². The quantitative estimate of drug-likeness (QED) is 0.325. The molecule has 0 saturated heterocycles. The SMILES string of the molecule is CCCOCC1CCC(c2cnc(OC(F)(F)c3ccc(OCC)c(F)c3F)nc2)CC1. The van der Waals surface area contributed by atoms with Gasteiger partial charge in [0.05, 0.1) is 6.61 Å². The van der Waals surface area contributed by atoms with Gasteiger partial charge in [-0.2, -0.15) is 13.2 Å². The summed E-state index contributed by atoms with van der Waals surface area (Å²) in [5.41, 5.74) is -0.415. The monoisotopic (exact) mass is 456 g/mol. The number of ether oxygens (including phenoxy) is 3. The fraction of sp³-hybridized carbons (Fsp3) is 0.565. The molecule has 5 nitrogen and oxygen atoms in total. The molecule has 1 aliphatic rings. The first kappa shape index (κ1) is 24.2. The maximum absolute atomic E-state index is 14.5. The van der Waals surface area contributed by atoms with Crippen LogP contribution < -0.4 is 9.47 Å². The molecular formula is C23H28F4N2O3. The van der Waals surface area contributed by atoms with Gasteiger partial charge in [0.25, 0.3) is 0 Å². The molecule has 176 valence electrons. The van der Waals surface area contributed by atoms with Crippen LogP contribution in [-0.2, 0) is 10.8 Å². The van der Waals surface area contributed by atoms with E-state index in [0.717, 1.165) is 63.0 Å². The molecule has 0 bridgehead atoms. The third kappa shape index (κ3) is 5.88. The van der Waals surface area contributed by atoms with Gasteiger partial charge >= 0.3 is 12.1 Å². The van der Waals surface area contributed by atoms with Crippen LogP contribution >= 0.6 is 0 Å². The van der Waals surface area contributed by atoms with E-state index in [-0.39, 0.29) is 12.5 Å². The van der Waals surface area contributed by atoms with E-state index in [4.69, 9.17) is 9.47 Å². The molecule has 1 heterocycles. The Morgan fingerprint density at radius 1 is 1.00 bits per heavy atom. The number of hydrogen-bond donors (Lipinski definition) is 0. The number of alkyl halides is 2. The maximum atomic E-state index is 14.5. The molecule has 1 fully saturated rings. The Morgan fingerprint density at radius 3 is 2.31 bits per heavy atom. The van der Waals surface area contributed by atoms with Gasteiger partial charge in [-0.05, 0) is 68.6 Å². The van der Waals surface area contributed by atoms with E-state index in [1.54, 1.807) is 6.92 Å². The van der Waals surface area contributed by atoms with E-state index in [9.17, 15) is 17.6 Å². The van der Waals surface area contributed by atoms with Crippen LogP contribution in [-0.4, -0.2) is 29.8 Å². The van der Waals surface area contributed by atoms with Crippen molar-refractivity contribution in [2.75, 3.05) is 19.8 Å². The van der Waals surface area contributed by atoms with Gasteiger partial charge in [0.1, 0.15) is 5.56 Å². The summed E-state index contributed by atoms with van der Waals surface area (Å²) in [4.78, 5) is 7.73. The van der Waals surface area contributed by atoms with Crippen molar-refractivity contribution in [3.63, 3.8) is 0 Å². The molecule has 1 aromatic carbocycles. The fourth-order valence-electron chi connectivity index (χ4n) is 3.84. The zero-order valence-corrected chi connectivity index (χ0v) is 18.3. The van der Waals surface area contributed by atoms with Crippen molar-refractivity contribution in [2.45, 2.75) is 58.0 Å². The van der Waals surface area contributed by atoms with Crippen molar-refractivity contribution < 1.29 is 31.8 Å². The second-order valence-corrected chi connectivity index (χ2v) is 7.88. The van der Waals surface area contributed by atoms with E-state index in [2.05, 4.69) is 21.6 Å². The first-order chi connectivity index (χ1) is 15.4. The van der Waals surface area contributed by atoms with Crippen molar-refractivity contribution in [1.82, 2.24) is 9.97 Å². The molecule has 1 aromatic heterocycles. The summed E-state index contributed by atoms with van der Waals surface area (Å²) < 4.78 is 72.1. The van der Waals surface area contributed by atoms with Crippen LogP contribution in [0.5, 0.6) is 11.8 Å². The predicted molar refractivity (Wildman–Crippen MR) is 110 cm³/mol. The molecule has 0 unspecified atom stereocenters. The highest BCUT2D eigenvalue weighted by Gasteiger charge is 2.40. The zero-order chi connectivity index (χ0) is 23.1. The minimum atomic E-state index is -4.16. The second kappa shape index (κ2) is 10.9. The molecule has 0 aliphatic heterocycles. The van der Waals surface area contributed by atoms with Crippen LogP contribution in [0.25, 0.3) is 0 Å². The largest absolute Gasteiger partial charge is 0.491 e. The summed E-state index contributed by atoms with van der Waals surface area (Å²) in [6.45, 7) is 5.25. The fourth-order valence-corrected chi connectivity index (χ4v) is 3.84. The van der Waals surface area contributed by atoms with Gasteiger partial charge in [-0.15, -0.1) is 0 Å². The highest BCUT2D eigenvalue weighted by atomic mass is 19.3. The summed E-state index contributed by atoms with van der Waals surface area (Å²) >= 11 is 0. The third-order valence-electron chi connectivity index (χ3n) is 5.55. The first-order valence-corrected chi connectivity index (χ1v) is 10.9. The Labute approximate surface area is 185 Å². The average Bonchev–Trinajstić information content (AvgIpc) is 2.78. The van der Waals surface area contributed by atoms with Crippen LogP contribution in [0, 0.1) is 17.6 Å². The first-order valence-electron chi connectivity index (χ1n) is 10.9. The van der Waals surface area contributed by atoms with Crippen molar-refractivity contribution in [3.05, 3.63) is 47.3 Å². The van der Waals surface area contributed by atoms with Gasteiger partial charge in [0, 0.05) is 25.6 Å². The van der Waals surface area contributed by atoms with Crippen molar-refractivity contribution in [2.24, 2.45) is 5.92 Å². The summed E-state index contributed by atoms with van der Waals surface area (Å²) in [6.07, 6.45) is 3.67. The summed E-state index contributed by atoms with van der Waals surface area (Å²) in [5.74, 6) is -2.91. The van der Waals surface area contributed by atoms with Crippen molar-refractivity contribution in [1.29, 1.82) is 0 Å². The Morgan fingerprint density at radius 2 is 1.69 bits per heavy atom. The lowest BCUT2D eigenvalue weighted by molar-refractivity contribution is -0.192. The molecule has 0 N–H and O–H groups in total. The topological polar surface area (TPSA) is 53.5 Å². The van der Waals surface area contributed by atoms with Crippen LogP contribution in [0.15, 0.2) is 24.5 Å². The van der Waals surface area contributed by atoms with Gasteiger partial charge in [-0.1, -0.05) is 6.92 Å². The van der Waals surface area contributed by atoms with Crippen LogP contribution in [0.2, 0.25) is 0 Å². The van der Waals surface area contributed by atoms with Crippen molar-refractivity contribution in [3.8, 4) is 11.8 Å². The highest BCUT2D eigenvalue weighted by Crippen LogP contribution is 2.37. The maximum Gasteiger partial charge on any atom is 0.431 e. The lowest BCUT2D eigenvalue weighted by Crippen LogP contribution is -2.25. The molecular weight excluding hydrogens is 428 g/mol. The normalized spacial score (nSPS) is 19.1. The number of rotatable bonds is 10. The smallest absolute Gasteiger partial charge is 0.431 e. The molecule has 1 aliphatic carbocycles.